The fourth-order valence-electron chi connectivity index (χ4n) is 8.66. The number of fused-ring (bicyclic) bond motifs is 6. The Morgan fingerprint density at radius 3 is 1.59 bits per heavy atom. The van der Waals surface area contributed by atoms with Gasteiger partial charge in [0.1, 0.15) is 0 Å². The Balaban J connectivity index is 1.33. The normalized spacial score (nSPS) is 12.8. The van der Waals surface area contributed by atoms with Crippen molar-refractivity contribution in [1.29, 1.82) is 0 Å². The van der Waals surface area contributed by atoms with Gasteiger partial charge in [-0.1, -0.05) is 135 Å². The third-order valence-electron chi connectivity index (χ3n) is 11.1. The van der Waals surface area contributed by atoms with Crippen molar-refractivity contribution >= 4 is 55.9 Å². The molecule has 0 saturated carbocycles. The van der Waals surface area contributed by atoms with E-state index < -0.39 is 0 Å². The second kappa shape index (κ2) is 12.7. The summed E-state index contributed by atoms with van der Waals surface area (Å²) in [5.74, 6) is 0. The lowest BCUT2D eigenvalue weighted by molar-refractivity contribution is 0.660. The van der Waals surface area contributed by atoms with Gasteiger partial charge in [-0.25, -0.2) is 0 Å². The lowest BCUT2D eigenvalue weighted by atomic mass is 9.82. The van der Waals surface area contributed by atoms with Crippen molar-refractivity contribution in [3.63, 3.8) is 0 Å². The van der Waals surface area contributed by atoms with E-state index in [0.29, 0.717) is 0 Å². The molecule has 0 atom stereocenters. The summed E-state index contributed by atoms with van der Waals surface area (Å²) >= 11 is 0. The molecule has 9 aromatic rings. The van der Waals surface area contributed by atoms with Gasteiger partial charge < -0.3 is 14.4 Å². The minimum absolute atomic E-state index is 0.137. The van der Waals surface area contributed by atoms with E-state index in [1.807, 2.05) is 0 Å². The molecule has 1 aromatic heterocycles. The van der Waals surface area contributed by atoms with Crippen molar-refractivity contribution in [2.24, 2.45) is 0 Å². The molecule has 0 fully saturated rings. The van der Waals surface area contributed by atoms with E-state index in [9.17, 15) is 0 Å². The minimum atomic E-state index is -0.137. The Kier molecular flexibility index (Phi) is 7.48. The molecular formula is C51H39N3. The topological polar surface area (TPSA) is 11.4 Å². The van der Waals surface area contributed by atoms with Gasteiger partial charge in [-0.3, -0.25) is 0 Å². The molecule has 0 aliphatic heterocycles. The van der Waals surface area contributed by atoms with Crippen LogP contribution in [0.2, 0.25) is 0 Å². The van der Waals surface area contributed by atoms with Crippen LogP contribution < -0.4 is 9.80 Å². The first-order valence-electron chi connectivity index (χ1n) is 18.7. The maximum Gasteiger partial charge on any atom is 0.0583 e. The largest absolute Gasteiger partial charge is 0.310 e. The molecule has 0 saturated heterocycles. The zero-order chi connectivity index (χ0) is 36.2. The lowest BCUT2D eigenvalue weighted by Gasteiger charge is -2.31. The molecule has 0 bridgehead atoms. The Hall–Kier alpha value is -6.84. The van der Waals surface area contributed by atoms with Crippen LogP contribution in [0.1, 0.15) is 25.0 Å². The van der Waals surface area contributed by atoms with Gasteiger partial charge in [-0.05, 0) is 101 Å². The molecule has 3 heteroatoms. The van der Waals surface area contributed by atoms with E-state index >= 15 is 0 Å². The number of anilines is 6. The molecule has 0 unspecified atom stereocenters. The van der Waals surface area contributed by atoms with Gasteiger partial charge in [0, 0.05) is 44.6 Å². The second-order valence-corrected chi connectivity index (χ2v) is 14.6. The fourth-order valence-corrected chi connectivity index (χ4v) is 8.66. The van der Waals surface area contributed by atoms with Gasteiger partial charge in [-0.15, -0.1) is 0 Å². The van der Waals surface area contributed by atoms with E-state index in [4.69, 9.17) is 0 Å². The number of benzene rings is 8. The van der Waals surface area contributed by atoms with Gasteiger partial charge in [0.25, 0.3) is 0 Å². The Labute approximate surface area is 316 Å². The van der Waals surface area contributed by atoms with E-state index in [0.717, 1.165) is 45.3 Å². The van der Waals surface area contributed by atoms with E-state index in [1.54, 1.807) is 0 Å². The number of hydrogen-bond acceptors (Lipinski definition) is 2. The van der Waals surface area contributed by atoms with Crippen molar-refractivity contribution in [3.05, 3.63) is 211 Å². The van der Waals surface area contributed by atoms with Gasteiger partial charge in [-0.2, -0.15) is 0 Å². The van der Waals surface area contributed by atoms with Crippen LogP contribution in [0, 0.1) is 0 Å². The molecule has 258 valence electrons. The highest BCUT2D eigenvalue weighted by atomic mass is 15.2. The molecule has 8 aromatic carbocycles. The quantitative estimate of drug-likeness (QED) is 0.165. The van der Waals surface area contributed by atoms with Crippen LogP contribution in [-0.4, -0.2) is 4.57 Å². The van der Waals surface area contributed by atoms with Gasteiger partial charge in [0.2, 0.25) is 0 Å². The van der Waals surface area contributed by atoms with Crippen LogP contribution in [0.4, 0.5) is 34.1 Å². The van der Waals surface area contributed by atoms with Crippen molar-refractivity contribution in [3.8, 4) is 16.8 Å². The van der Waals surface area contributed by atoms with Crippen molar-refractivity contribution in [2.75, 3.05) is 9.80 Å². The molecule has 54 heavy (non-hydrogen) atoms. The predicted molar refractivity (Wildman–Crippen MR) is 228 cm³/mol. The number of aromatic nitrogens is 1. The molecule has 0 radical (unpaired) electrons. The zero-order valence-electron chi connectivity index (χ0n) is 30.4. The average molecular weight is 694 g/mol. The summed E-state index contributed by atoms with van der Waals surface area (Å²) in [7, 11) is 0. The maximum atomic E-state index is 2.47. The summed E-state index contributed by atoms with van der Waals surface area (Å²) in [5, 5.41) is 2.41. The number of para-hydroxylation sites is 5. The zero-order valence-corrected chi connectivity index (χ0v) is 30.4. The highest BCUT2D eigenvalue weighted by Gasteiger charge is 2.36. The molecule has 10 rings (SSSR count). The molecule has 1 heterocycles. The van der Waals surface area contributed by atoms with E-state index in [2.05, 4.69) is 228 Å². The third-order valence-corrected chi connectivity index (χ3v) is 11.1. The fraction of sp³-hybridized carbons (Fsp3) is 0.0588. The first kappa shape index (κ1) is 31.9. The molecule has 1 aliphatic carbocycles. The van der Waals surface area contributed by atoms with Crippen molar-refractivity contribution < 1.29 is 0 Å². The molecule has 0 amide bonds. The summed E-state index contributed by atoms with van der Waals surface area (Å²) in [4.78, 5) is 4.85. The minimum Gasteiger partial charge on any atom is -0.310 e. The molecule has 0 spiro atoms. The number of rotatable bonds is 7. The van der Waals surface area contributed by atoms with Crippen LogP contribution in [0.3, 0.4) is 0 Å². The highest BCUT2D eigenvalue weighted by Crippen LogP contribution is 2.52. The van der Waals surface area contributed by atoms with Crippen LogP contribution in [0.25, 0.3) is 38.6 Å². The summed E-state index contributed by atoms with van der Waals surface area (Å²) in [5.41, 5.74) is 15.3. The second-order valence-electron chi connectivity index (χ2n) is 14.6. The first-order valence-corrected chi connectivity index (χ1v) is 18.7. The number of hydrogen-bond donors (Lipinski definition) is 0. The van der Waals surface area contributed by atoms with E-state index in [-0.39, 0.29) is 5.41 Å². The Morgan fingerprint density at radius 2 is 0.926 bits per heavy atom. The first-order chi connectivity index (χ1) is 26.6. The van der Waals surface area contributed by atoms with Gasteiger partial charge in [0.15, 0.2) is 0 Å². The van der Waals surface area contributed by atoms with Crippen LogP contribution in [0.15, 0.2) is 200 Å². The maximum absolute atomic E-state index is 2.47. The van der Waals surface area contributed by atoms with Crippen molar-refractivity contribution in [2.45, 2.75) is 19.3 Å². The molecular weight excluding hydrogens is 655 g/mol. The van der Waals surface area contributed by atoms with Crippen molar-refractivity contribution in [1.82, 2.24) is 4.57 Å². The van der Waals surface area contributed by atoms with Gasteiger partial charge >= 0.3 is 0 Å². The molecule has 3 nitrogen and oxygen atoms in total. The Morgan fingerprint density at radius 1 is 0.389 bits per heavy atom. The monoisotopic (exact) mass is 693 g/mol. The van der Waals surface area contributed by atoms with Crippen LogP contribution in [-0.2, 0) is 5.41 Å². The van der Waals surface area contributed by atoms with Gasteiger partial charge in [0.05, 0.1) is 22.4 Å². The smallest absolute Gasteiger partial charge is 0.0583 e. The van der Waals surface area contributed by atoms with Crippen LogP contribution in [0.5, 0.6) is 0 Å². The molecule has 1 aliphatic rings. The molecule has 0 N–H and O–H groups in total. The summed E-state index contributed by atoms with van der Waals surface area (Å²) in [6.07, 6.45) is 0. The Bertz CT molecular complexity index is 2750. The average Bonchev–Trinajstić information content (AvgIpc) is 3.68. The third kappa shape index (κ3) is 5.04. The number of nitrogens with zero attached hydrogens (tertiary/aromatic N) is 3. The summed E-state index contributed by atoms with van der Waals surface area (Å²) in [6, 6.07) is 72.6. The summed E-state index contributed by atoms with van der Waals surface area (Å²) in [6.45, 7) is 4.72. The predicted octanol–water partition coefficient (Wildman–Crippen LogP) is 14.0. The lowest BCUT2D eigenvalue weighted by Crippen LogP contribution is -2.17. The van der Waals surface area contributed by atoms with Crippen LogP contribution >= 0.6 is 0 Å². The highest BCUT2D eigenvalue weighted by molar-refractivity contribution is 6.18. The van der Waals surface area contributed by atoms with E-state index in [1.165, 1.54) is 38.5 Å². The standard InChI is InChI=1S/C51H39N3/c1-51(2)45-29-17-15-27-42(45)43-32-31-40(33-46(43)51)53(38-23-11-5-12-24-38)48-34-41(52(36-19-7-3-8-20-36)37-21-9-4-10-22-37)35-49-50(48)44-28-16-18-30-47(44)54(49)39-25-13-6-14-26-39/h3-35H,1-2H3. The SMILES string of the molecule is CC1(C)c2ccccc2-c2ccc(N(c3ccccc3)c3cc(N(c4ccccc4)c4ccccc4)cc4c3c3ccccc3n4-c3ccccc3)cc21. The summed E-state index contributed by atoms with van der Waals surface area (Å²) < 4.78 is 2.43.